The van der Waals surface area contributed by atoms with Crippen molar-refractivity contribution in [1.82, 2.24) is 5.32 Å². The minimum absolute atomic E-state index is 0.0200. The first kappa shape index (κ1) is 61.1. The van der Waals surface area contributed by atoms with Gasteiger partial charge < -0.3 is 20.3 Å². The number of aliphatic hydroxyl groups excluding tert-OH is 2. The molecule has 0 saturated carbocycles. The van der Waals surface area contributed by atoms with Crippen LogP contribution in [0.1, 0.15) is 290 Å². The van der Waals surface area contributed by atoms with Crippen molar-refractivity contribution < 1.29 is 24.5 Å². The van der Waals surface area contributed by atoms with Gasteiger partial charge in [0.25, 0.3) is 0 Å². The Morgan fingerprint density at radius 3 is 1.25 bits per heavy atom. The monoisotopic (exact) mass is 886 g/mol. The van der Waals surface area contributed by atoms with E-state index >= 15 is 0 Å². The molecule has 0 heterocycles. The van der Waals surface area contributed by atoms with Crippen LogP contribution >= 0.6 is 0 Å². The molecule has 1 amide bonds. The molecule has 2 unspecified atom stereocenters. The molecular weight excluding hydrogens is 779 g/mol. The number of carbonyl (C=O) groups is 2. The molecule has 0 aliphatic heterocycles. The number of allylic oxidation sites excluding steroid dienone is 6. The van der Waals surface area contributed by atoms with Crippen molar-refractivity contribution in [2.24, 2.45) is 0 Å². The summed E-state index contributed by atoms with van der Waals surface area (Å²) in [6.07, 6.45) is 64.2. The van der Waals surface area contributed by atoms with Gasteiger partial charge >= 0.3 is 5.97 Å². The van der Waals surface area contributed by atoms with E-state index in [0.717, 1.165) is 51.4 Å². The van der Waals surface area contributed by atoms with E-state index in [1.54, 1.807) is 0 Å². The van der Waals surface area contributed by atoms with Crippen LogP contribution in [-0.4, -0.2) is 47.4 Å². The minimum atomic E-state index is -0.699. The van der Waals surface area contributed by atoms with Crippen molar-refractivity contribution in [2.75, 3.05) is 13.2 Å². The summed E-state index contributed by atoms with van der Waals surface area (Å²) in [5, 5.41) is 23.2. The Morgan fingerprint density at radius 1 is 0.444 bits per heavy atom. The lowest BCUT2D eigenvalue weighted by Crippen LogP contribution is -2.45. The van der Waals surface area contributed by atoms with E-state index in [2.05, 4.69) is 49.5 Å². The number of hydrogen-bond acceptors (Lipinski definition) is 5. The first-order valence-corrected chi connectivity index (χ1v) is 27.7. The summed E-state index contributed by atoms with van der Waals surface area (Å²) >= 11 is 0. The van der Waals surface area contributed by atoms with E-state index in [-0.39, 0.29) is 18.5 Å². The third-order valence-corrected chi connectivity index (χ3v) is 12.7. The second-order valence-electron chi connectivity index (χ2n) is 18.9. The van der Waals surface area contributed by atoms with Crippen LogP contribution < -0.4 is 5.32 Å². The van der Waals surface area contributed by atoms with Crippen LogP contribution in [0.3, 0.4) is 0 Å². The summed E-state index contributed by atoms with van der Waals surface area (Å²) in [6.45, 7) is 4.89. The van der Waals surface area contributed by atoms with Gasteiger partial charge in [0.15, 0.2) is 0 Å². The zero-order valence-electron chi connectivity index (χ0n) is 42.1. The molecule has 0 aromatic carbocycles. The summed E-state index contributed by atoms with van der Waals surface area (Å²) in [5.74, 6) is -0.135. The van der Waals surface area contributed by atoms with Crippen molar-refractivity contribution in [3.63, 3.8) is 0 Å². The van der Waals surface area contributed by atoms with Gasteiger partial charge in [0.05, 0.1) is 25.4 Å². The quantitative estimate of drug-likeness (QED) is 0.0321. The molecule has 6 heteroatoms. The summed E-state index contributed by atoms with van der Waals surface area (Å²) in [4.78, 5) is 24.5. The van der Waals surface area contributed by atoms with Gasteiger partial charge in [-0.05, 0) is 70.6 Å². The fourth-order valence-corrected chi connectivity index (χ4v) is 8.39. The second-order valence-corrected chi connectivity index (χ2v) is 18.9. The highest BCUT2D eigenvalue weighted by atomic mass is 16.5. The van der Waals surface area contributed by atoms with Crippen LogP contribution in [0.5, 0.6) is 0 Å². The van der Waals surface area contributed by atoms with Crippen molar-refractivity contribution in [3.8, 4) is 0 Å². The normalized spacial score (nSPS) is 12.9. The van der Waals surface area contributed by atoms with Gasteiger partial charge in [-0.25, -0.2) is 0 Å². The van der Waals surface area contributed by atoms with Crippen LogP contribution in [0.15, 0.2) is 36.5 Å². The average molecular weight is 886 g/mol. The molecule has 63 heavy (non-hydrogen) atoms. The van der Waals surface area contributed by atoms with Gasteiger partial charge in [-0.15, -0.1) is 0 Å². The highest BCUT2D eigenvalue weighted by Gasteiger charge is 2.19. The number of carbonyl (C=O) groups excluding carboxylic acids is 2. The number of ether oxygens (including phenoxy) is 1. The summed E-state index contributed by atoms with van der Waals surface area (Å²) in [6, 6.07) is -0.586. The highest BCUT2D eigenvalue weighted by molar-refractivity contribution is 5.76. The Labute approximate surface area is 392 Å². The Balaban J connectivity index is 3.53. The molecule has 0 fully saturated rings. The Hall–Kier alpha value is -1.92. The zero-order chi connectivity index (χ0) is 45.8. The predicted octanol–water partition coefficient (Wildman–Crippen LogP) is 16.9. The number of unbranched alkanes of at least 4 members (excludes halogenated alkanes) is 34. The van der Waals surface area contributed by atoms with Gasteiger partial charge in [-0.2, -0.15) is 0 Å². The minimum Gasteiger partial charge on any atom is -0.466 e. The van der Waals surface area contributed by atoms with E-state index in [1.165, 1.54) is 199 Å². The standard InChI is InChI=1S/C57H107NO5/c1-3-5-7-9-11-13-15-17-19-20-21-23-27-31-35-39-43-47-51-57(62)63-52-48-44-40-36-32-28-24-26-30-34-38-42-46-50-56(61)58-54(53-59)55(60)49-45-41-37-33-29-25-22-18-16-14-12-10-8-6-4-2/h19-20,26,30,38,42,54-55,59-60H,3-18,21-25,27-29,31-37,39-41,43-53H2,1-2H3,(H,58,61)/b20-19-,30-26-,42-38-. The van der Waals surface area contributed by atoms with Gasteiger partial charge in [0, 0.05) is 12.8 Å². The van der Waals surface area contributed by atoms with Crippen molar-refractivity contribution in [3.05, 3.63) is 36.5 Å². The van der Waals surface area contributed by atoms with E-state index in [0.29, 0.717) is 32.3 Å². The molecule has 0 rings (SSSR count). The third kappa shape index (κ3) is 49.4. The number of hydrogen-bond donors (Lipinski definition) is 3. The molecule has 0 aliphatic carbocycles. The molecule has 3 N–H and O–H groups in total. The smallest absolute Gasteiger partial charge is 0.305 e. The van der Waals surface area contributed by atoms with Crippen molar-refractivity contribution >= 4 is 11.9 Å². The van der Waals surface area contributed by atoms with Crippen LogP contribution in [0, 0.1) is 0 Å². The van der Waals surface area contributed by atoms with Gasteiger partial charge in [-0.1, -0.05) is 243 Å². The molecule has 6 nitrogen and oxygen atoms in total. The maximum atomic E-state index is 12.4. The molecule has 0 aliphatic rings. The fourth-order valence-electron chi connectivity index (χ4n) is 8.39. The fraction of sp³-hybridized carbons (Fsp3) is 0.860. The van der Waals surface area contributed by atoms with Crippen LogP contribution in [-0.2, 0) is 14.3 Å². The third-order valence-electron chi connectivity index (χ3n) is 12.7. The molecule has 0 spiro atoms. The zero-order valence-corrected chi connectivity index (χ0v) is 42.1. The van der Waals surface area contributed by atoms with E-state index in [9.17, 15) is 19.8 Å². The SMILES string of the molecule is CCCCCCCCC/C=C\CCCCCCCCCC(=O)OCCCCCCCC/C=C\C/C=C\CCC(=O)NC(CO)C(O)CCCCCCCCCCCCCCCCC. The molecule has 0 aromatic rings. The summed E-state index contributed by atoms with van der Waals surface area (Å²) < 4.78 is 5.46. The lowest BCUT2D eigenvalue weighted by Gasteiger charge is -2.22. The topological polar surface area (TPSA) is 95.9 Å². The molecule has 0 aromatic heterocycles. The van der Waals surface area contributed by atoms with E-state index < -0.39 is 12.1 Å². The largest absolute Gasteiger partial charge is 0.466 e. The molecule has 0 bridgehead atoms. The van der Waals surface area contributed by atoms with E-state index in [1.807, 2.05) is 6.08 Å². The second kappa shape index (κ2) is 52.7. The number of nitrogens with one attached hydrogen (secondary N) is 1. The molecule has 0 saturated heterocycles. The van der Waals surface area contributed by atoms with Crippen LogP contribution in [0.4, 0.5) is 0 Å². The Kier molecular flexibility index (Phi) is 51.1. The Morgan fingerprint density at radius 2 is 0.810 bits per heavy atom. The number of esters is 1. The average Bonchev–Trinajstić information content (AvgIpc) is 3.28. The number of aliphatic hydroxyl groups is 2. The van der Waals surface area contributed by atoms with Gasteiger partial charge in [-0.3, -0.25) is 9.59 Å². The molecule has 370 valence electrons. The van der Waals surface area contributed by atoms with E-state index in [4.69, 9.17) is 4.74 Å². The maximum Gasteiger partial charge on any atom is 0.305 e. The molecule has 0 radical (unpaired) electrons. The number of rotatable bonds is 51. The van der Waals surface area contributed by atoms with Gasteiger partial charge in [0.1, 0.15) is 0 Å². The van der Waals surface area contributed by atoms with Crippen molar-refractivity contribution in [1.29, 1.82) is 0 Å². The summed E-state index contributed by atoms with van der Waals surface area (Å²) in [5.41, 5.74) is 0. The van der Waals surface area contributed by atoms with Crippen LogP contribution in [0.25, 0.3) is 0 Å². The predicted molar refractivity (Wildman–Crippen MR) is 273 cm³/mol. The first-order valence-electron chi connectivity index (χ1n) is 27.7. The maximum absolute atomic E-state index is 12.4. The molecule has 2 atom stereocenters. The number of amides is 1. The highest BCUT2D eigenvalue weighted by Crippen LogP contribution is 2.16. The first-order chi connectivity index (χ1) is 31.0. The summed E-state index contributed by atoms with van der Waals surface area (Å²) in [7, 11) is 0. The molecular formula is C57H107NO5. The lowest BCUT2D eigenvalue weighted by molar-refractivity contribution is -0.143. The Bertz CT molecular complexity index is 1020. The lowest BCUT2D eigenvalue weighted by atomic mass is 10.0. The van der Waals surface area contributed by atoms with Gasteiger partial charge in [0.2, 0.25) is 5.91 Å². The van der Waals surface area contributed by atoms with Crippen LogP contribution in [0.2, 0.25) is 0 Å². The van der Waals surface area contributed by atoms with Crippen molar-refractivity contribution in [2.45, 2.75) is 302 Å².